The lowest BCUT2D eigenvalue weighted by molar-refractivity contribution is 0.00152. The molecule has 3 aromatic rings. The third kappa shape index (κ3) is 4.44. The van der Waals surface area contributed by atoms with E-state index in [1.165, 1.54) is 0 Å². The molecule has 1 aromatic carbocycles. The number of likely N-dealkylation sites (tertiary alicyclic amines) is 1. The van der Waals surface area contributed by atoms with Crippen LogP contribution in [0.1, 0.15) is 28.8 Å². The zero-order valence-electron chi connectivity index (χ0n) is 21.2. The minimum Gasteiger partial charge on any atom is -0.485 e. The molecule has 0 spiro atoms. The van der Waals surface area contributed by atoms with Crippen molar-refractivity contribution in [1.29, 1.82) is 5.26 Å². The van der Waals surface area contributed by atoms with E-state index < -0.39 is 0 Å². The van der Waals surface area contributed by atoms with Gasteiger partial charge in [-0.25, -0.2) is 0 Å². The number of hydrogen-bond acceptors (Lipinski definition) is 10. The molecule has 0 saturated carbocycles. The number of morpholine rings is 1. The summed E-state index contributed by atoms with van der Waals surface area (Å²) in [4.78, 5) is 30.0. The predicted molar refractivity (Wildman–Crippen MR) is 140 cm³/mol. The van der Waals surface area contributed by atoms with Gasteiger partial charge in [0.1, 0.15) is 30.7 Å². The SMILES string of the molecule is CNc1nc(Nc2ccc(C(=O)N3CCC(N4CCOCC4)CC3)c3c2OCCO3)nc2[nH]cc(C#N)c12. The average molecular weight is 519 g/mol. The topological polar surface area (TPSA) is 141 Å². The lowest BCUT2D eigenvalue weighted by Gasteiger charge is -2.40. The zero-order valence-corrected chi connectivity index (χ0v) is 21.2. The number of nitrogens with zero attached hydrogens (tertiary/aromatic N) is 5. The highest BCUT2D eigenvalue weighted by Crippen LogP contribution is 2.42. The fourth-order valence-corrected chi connectivity index (χ4v) is 5.43. The maximum absolute atomic E-state index is 13.6. The van der Waals surface area contributed by atoms with Crippen molar-refractivity contribution < 1.29 is 19.0 Å². The van der Waals surface area contributed by atoms with Gasteiger partial charge in [0.25, 0.3) is 5.91 Å². The van der Waals surface area contributed by atoms with Crippen LogP contribution < -0.4 is 20.1 Å². The number of carbonyl (C=O) groups excluding carboxylic acids is 1. The van der Waals surface area contributed by atoms with E-state index in [0.29, 0.717) is 83.5 Å². The number of fused-ring (bicyclic) bond motifs is 2. The molecule has 0 unspecified atom stereocenters. The number of rotatable bonds is 5. The van der Waals surface area contributed by atoms with Gasteiger partial charge in [0.2, 0.25) is 5.95 Å². The quantitative estimate of drug-likeness (QED) is 0.461. The Balaban J connectivity index is 1.23. The minimum absolute atomic E-state index is 0.0516. The molecule has 38 heavy (non-hydrogen) atoms. The molecule has 2 fully saturated rings. The Kier molecular flexibility index (Phi) is 6.61. The molecular formula is C26H30N8O4. The molecule has 3 aliphatic heterocycles. The van der Waals surface area contributed by atoms with E-state index in [2.05, 4.69) is 36.6 Å². The molecule has 0 radical (unpaired) electrons. The van der Waals surface area contributed by atoms with Crippen LogP contribution in [0.5, 0.6) is 11.5 Å². The largest absolute Gasteiger partial charge is 0.485 e. The number of amides is 1. The fourth-order valence-electron chi connectivity index (χ4n) is 5.43. The molecule has 0 bridgehead atoms. The third-order valence-electron chi connectivity index (χ3n) is 7.37. The van der Waals surface area contributed by atoms with Crippen LogP contribution in [0.2, 0.25) is 0 Å². The van der Waals surface area contributed by atoms with E-state index in [0.717, 1.165) is 39.1 Å². The van der Waals surface area contributed by atoms with Gasteiger partial charge in [0, 0.05) is 45.5 Å². The van der Waals surface area contributed by atoms with Crippen molar-refractivity contribution in [2.45, 2.75) is 18.9 Å². The van der Waals surface area contributed by atoms with Crippen LogP contribution in [-0.4, -0.2) is 96.4 Å². The van der Waals surface area contributed by atoms with Crippen LogP contribution in [0.3, 0.4) is 0 Å². The first-order valence-corrected chi connectivity index (χ1v) is 12.9. The number of benzene rings is 1. The van der Waals surface area contributed by atoms with Gasteiger partial charge >= 0.3 is 0 Å². The van der Waals surface area contributed by atoms with Gasteiger partial charge in [-0.1, -0.05) is 0 Å². The molecule has 12 nitrogen and oxygen atoms in total. The molecule has 5 heterocycles. The van der Waals surface area contributed by atoms with Crippen molar-refractivity contribution in [3.05, 3.63) is 29.5 Å². The minimum atomic E-state index is -0.0516. The van der Waals surface area contributed by atoms with Crippen molar-refractivity contribution >= 4 is 34.4 Å². The molecule has 0 aliphatic carbocycles. The number of aromatic nitrogens is 3. The second-order valence-electron chi connectivity index (χ2n) is 9.50. The van der Waals surface area contributed by atoms with Crippen LogP contribution >= 0.6 is 0 Å². The number of anilines is 3. The van der Waals surface area contributed by atoms with Gasteiger partial charge < -0.3 is 34.7 Å². The molecule has 1 amide bonds. The number of nitriles is 1. The molecular weight excluding hydrogens is 488 g/mol. The number of nitrogens with one attached hydrogen (secondary N) is 3. The highest BCUT2D eigenvalue weighted by molar-refractivity contribution is 5.99. The normalized spacial score (nSPS) is 18.3. The molecule has 2 aromatic heterocycles. The maximum atomic E-state index is 13.6. The Morgan fingerprint density at radius 1 is 1.08 bits per heavy atom. The molecule has 3 N–H and O–H groups in total. The Morgan fingerprint density at radius 2 is 1.84 bits per heavy atom. The van der Waals surface area contributed by atoms with Gasteiger partial charge in [0.15, 0.2) is 11.5 Å². The number of ether oxygens (including phenoxy) is 3. The fraction of sp³-hybridized carbons (Fsp3) is 0.462. The Labute approximate surface area is 219 Å². The first-order valence-electron chi connectivity index (χ1n) is 12.9. The van der Waals surface area contributed by atoms with Gasteiger partial charge in [-0.3, -0.25) is 9.69 Å². The van der Waals surface area contributed by atoms with E-state index in [1.54, 1.807) is 25.4 Å². The Bertz CT molecular complexity index is 1390. The number of piperidine rings is 1. The highest BCUT2D eigenvalue weighted by Gasteiger charge is 2.31. The summed E-state index contributed by atoms with van der Waals surface area (Å²) in [6, 6.07) is 6.20. The summed E-state index contributed by atoms with van der Waals surface area (Å²) < 4.78 is 17.4. The van der Waals surface area contributed by atoms with Crippen molar-refractivity contribution in [3.63, 3.8) is 0 Å². The summed E-state index contributed by atoms with van der Waals surface area (Å²) in [5.74, 6) is 1.68. The highest BCUT2D eigenvalue weighted by atomic mass is 16.6. The summed E-state index contributed by atoms with van der Waals surface area (Å²) in [5.41, 5.74) is 2.07. The number of H-pyrrole nitrogens is 1. The van der Waals surface area contributed by atoms with Crippen LogP contribution in [0.25, 0.3) is 11.0 Å². The lowest BCUT2D eigenvalue weighted by Crippen LogP contribution is -2.50. The second-order valence-corrected chi connectivity index (χ2v) is 9.50. The summed E-state index contributed by atoms with van der Waals surface area (Å²) in [6.07, 6.45) is 3.50. The van der Waals surface area contributed by atoms with Crippen LogP contribution in [0.4, 0.5) is 17.5 Å². The standard InChI is InChI=1S/C26H30N8O4/c1-28-23-20-16(14-27)15-29-24(20)32-26(31-23)30-19-3-2-18(21-22(19)38-13-12-37-21)25(35)34-6-4-17(5-7-34)33-8-10-36-11-9-33/h2-3,15,17H,4-13H2,1H3,(H3,28,29,30,31,32). The summed E-state index contributed by atoms with van der Waals surface area (Å²) in [6.45, 7) is 5.63. The van der Waals surface area contributed by atoms with Gasteiger partial charge in [0.05, 0.1) is 35.4 Å². The number of hydrogen-bond donors (Lipinski definition) is 3. The van der Waals surface area contributed by atoms with Gasteiger partial charge in [-0.15, -0.1) is 0 Å². The summed E-state index contributed by atoms with van der Waals surface area (Å²) in [7, 11) is 1.74. The predicted octanol–water partition coefficient (Wildman–Crippen LogP) is 2.32. The van der Waals surface area contributed by atoms with Crippen molar-refractivity contribution in [3.8, 4) is 17.6 Å². The van der Waals surface area contributed by atoms with Crippen LogP contribution in [0, 0.1) is 11.3 Å². The van der Waals surface area contributed by atoms with Crippen molar-refractivity contribution in [2.24, 2.45) is 0 Å². The second kappa shape index (κ2) is 10.4. The number of carbonyl (C=O) groups is 1. The zero-order chi connectivity index (χ0) is 26.1. The molecule has 3 aliphatic rings. The molecule has 0 atom stereocenters. The summed E-state index contributed by atoms with van der Waals surface area (Å²) in [5, 5.41) is 16.2. The first-order chi connectivity index (χ1) is 18.7. The van der Waals surface area contributed by atoms with Crippen molar-refractivity contribution in [1.82, 2.24) is 24.8 Å². The average Bonchev–Trinajstić information content (AvgIpc) is 3.40. The molecule has 2 saturated heterocycles. The summed E-state index contributed by atoms with van der Waals surface area (Å²) >= 11 is 0. The molecule has 198 valence electrons. The smallest absolute Gasteiger partial charge is 0.257 e. The lowest BCUT2D eigenvalue weighted by atomic mass is 10.0. The van der Waals surface area contributed by atoms with Crippen molar-refractivity contribution in [2.75, 3.05) is 70.3 Å². The van der Waals surface area contributed by atoms with E-state index >= 15 is 0 Å². The maximum Gasteiger partial charge on any atom is 0.257 e. The number of aromatic amines is 1. The van der Waals surface area contributed by atoms with E-state index in [9.17, 15) is 10.1 Å². The third-order valence-corrected chi connectivity index (χ3v) is 7.37. The van der Waals surface area contributed by atoms with Crippen LogP contribution in [0.15, 0.2) is 18.3 Å². The molecule has 12 heteroatoms. The molecule has 6 rings (SSSR count). The van der Waals surface area contributed by atoms with E-state index in [1.807, 2.05) is 4.90 Å². The van der Waals surface area contributed by atoms with E-state index in [4.69, 9.17) is 14.2 Å². The Morgan fingerprint density at radius 3 is 2.58 bits per heavy atom. The Hall–Kier alpha value is -4.08. The van der Waals surface area contributed by atoms with Gasteiger partial charge in [-0.2, -0.15) is 15.2 Å². The first kappa shape index (κ1) is 24.3. The monoisotopic (exact) mass is 518 g/mol. The van der Waals surface area contributed by atoms with Gasteiger partial charge in [-0.05, 0) is 25.0 Å². The van der Waals surface area contributed by atoms with E-state index in [-0.39, 0.29) is 5.91 Å². The van der Waals surface area contributed by atoms with Crippen LogP contribution in [-0.2, 0) is 4.74 Å².